The molecule has 3 heterocycles. The van der Waals surface area contributed by atoms with Gasteiger partial charge in [-0.15, -0.1) is 0 Å². The molecule has 2 aliphatic rings. The third-order valence-corrected chi connectivity index (χ3v) is 9.16. The summed E-state index contributed by atoms with van der Waals surface area (Å²) in [6, 6.07) is 23.5. The second-order valence-electron chi connectivity index (χ2n) is 9.37. The largest absolute Gasteiger partial charge is 0.484 e. The molecule has 2 N–H and O–H groups in total. The Morgan fingerprint density at radius 3 is 2.51 bits per heavy atom. The second-order valence-corrected chi connectivity index (χ2v) is 11.5. The number of nitrogens with zero attached hydrogens (tertiary/aromatic N) is 1. The van der Waals surface area contributed by atoms with E-state index in [1.807, 2.05) is 43.3 Å². The molecule has 196 valence electrons. The number of nitrogens with one attached hydrogen (secondary N) is 2. The van der Waals surface area contributed by atoms with Crippen LogP contribution < -0.4 is 19.8 Å². The number of hydrogen-bond donors (Lipinski definition) is 2. The first-order valence-corrected chi connectivity index (χ1v) is 14.0. The number of aryl methyl sites for hydroxylation is 1. The number of hydrogen-bond acceptors (Lipinski definition) is 7. The number of fused-ring (bicyclic) bond motifs is 2. The van der Waals surface area contributed by atoms with E-state index < -0.39 is 17.1 Å². The highest BCUT2D eigenvalue weighted by Gasteiger charge is 2.56. The van der Waals surface area contributed by atoms with Gasteiger partial charge in [-0.25, -0.2) is 4.90 Å². The van der Waals surface area contributed by atoms with Gasteiger partial charge in [0.25, 0.3) is 5.91 Å². The van der Waals surface area contributed by atoms with Crippen molar-refractivity contribution < 1.29 is 19.1 Å². The van der Waals surface area contributed by atoms with Crippen molar-refractivity contribution in [1.82, 2.24) is 4.98 Å². The van der Waals surface area contributed by atoms with Crippen LogP contribution >= 0.6 is 23.1 Å². The monoisotopic (exact) mass is 557 g/mol. The Bertz CT molecular complexity index is 1630. The van der Waals surface area contributed by atoms with Gasteiger partial charge in [-0.2, -0.15) is 0 Å². The van der Waals surface area contributed by atoms with E-state index in [4.69, 9.17) is 4.74 Å². The Hall–Kier alpha value is -4.15. The van der Waals surface area contributed by atoms with Crippen LogP contribution in [0.1, 0.15) is 21.9 Å². The zero-order chi connectivity index (χ0) is 27.1. The van der Waals surface area contributed by atoms with E-state index in [1.54, 1.807) is 42.5 Å². The fourth-order valence-corrected chi connectivity index (χ4v) is 7.50. The molecule has 8 nitrogen and oxygen atoms in total. The molecule has 3 unspecified atom stereocenters. The zero-order valence-corrected chi connectivity index (χ0v) is 22.4. The number of ether oxygens (including phenoxy) is 1. The Labute approximate surface area is 232 Å². The SMILES string of the molecule is Cc1ccc(NC(=O)COc2cccc(C3c4sc(=O)[nH]c4SC4C(=O)N(c5ccccc5)C(=O)C43)c2)cc1. The van der Waals surface area contributed by atoms with Crippen LogP contribution in [0.25, 0.3) is 0 Å². The van der Waals surface area contributed by atoms with E-state index in [1.165, 1.54) is 16.7 Å². The zero-order valence-electron chi connectivity index (χ0n) is 20.7. The van der Waals surface area contributed by atoms with E-state index in [2.05, 4.69) is 10.3 Å². The fourth-order valence-electron chi connectivity index (χ4n) is 4.99. The number of aromatic amines is 1. The summed E-state index contributed by atoms with van der Waals surface area (Å²) in [5.41, 5.74) is 3.02. The van der Waals surface area contributed by atoms with Gasteiger partial charge in [0.15, 0.2) is 6.61 Å². The molecule has 3 aromatic carbocycles. The van der Waals surface area contributed by atoms with Crippen molar-refractivity contribution in [2.75, 3.05) is 16.8 Å². The summed E-state index contributed by atoms with van der Waals surface area (Å²) in [7, 11) is 0. The number of thioether (sulfide) groups is 1. The Morgan fingerprint density at radius 1 is 0.974 bits per heavy atom. The van der Waals surface area contributed by atoms with Crippen LogP contribution in [0, 0.1) is 12.8 Å². The number of carbonyl (C=O) groups excluding carboxylic acids is 3. The van der Waals surface area contributed by atoms with Gasteiger partial charge in [0.2, 0.25) is 11.8 Å². The molecule has 0 aliphatic carbocycles. The van der Waals surface area contributed by atoms with Crippen molar-refractivity contribution in [3.05, 3.63) is 105 Å². The van der Waals surface area contributed by atoms with E-state index >= 15 is 0 Å². The van der Waals surface area contributed by atoms with Gasteiger partial charge in [-0.05, 0) is 48.9 Å². The molecule has 1 saturated heterocycles. The van der Waals surface area contributed by atoms with Crippen LogP contribution in [-0.4, -0.2) is 34.6 Å². The van der Waals surface area contributed by atoms with Crippen molar-refractivity contribution >= 4 is 52.2 Å². The molecular formula is C29H23N3O5S2. The minimum atomic E-state index is -0.693. The van der Waals surface area contributed by atoms with Gasteiger partial charge in [0.05, 0.1) is 16.6 Å². The normalized spacial score (nSPS) is 19.9. The maximum Gasteiger partial charge on any atom is 0.305 e. The van der Waals surface area contributed by atoms with Gasteiger partial charge in [0.1, 0.15) is 11.0 Å². The van der Waals surface area contributed by atoms with E-state index in [0.29, 0.717) is 22.2 Å². The maximum absolute atomic E-state index is 13.8. The first-order valence-electron chi connectivity index (χ1n) is 12.3. The van der Waals surface area contributed by atoms with Gasteiger partial charge in [-0.3, -0.25) is 19.2 Å². The van der Waals surface area contributed by atoms with Crippen LogP contribution in [-0.2, 0) is 14.4 Å². The van der Waals surface area contributed by atoms with Crippen LogP contribution in [0.15, 0.2) is 88.7 Å². The number of imide groups is 1. The number of H-pyrrole nitrogens is 1. The number of aromatic nitrogens is 1. The van der Waals surface area contributed by atoms with E-state index in [-0.39, 0.29) is 29.2 Å². The average Bonchev–Trinajstić information content (AvgIpc) is 3.43. The van der Waals surface area contributed by atoms with Gasteiger partial charge in [-0.1, -0.05) is 71.1 Å². The summed E-state index contributed by atoms with van der Waals surface area (Å²) in [6.45, 7) is 1.77. The summed E-state index contributed by atoms with van der Waals surface area (Å²) in [5.74, 6) is -1.68. The summed E-state index contributed by atoms with van der Waals surface area (Å²) < 4.78 is 5.79. The number of carbonyl (C=O) groups is 3. The van der Waals surface area contributed by atoms with E-state index in [0.717, 1.165) is 27.3 Å². The highest BCUT2D eigenvalue weighted by atomic mass is 32.2. The molecule has 0 radical (unpaired) electrons. The van der Waals surface area contributed by atoms with Gasteiger partial charge >= 0.3 is 4.87 Å². The topological polar surface area (TPSA) is 109 Å². The standard InChI is InChI=1S/C29H23N3O5S2/c1-16-10-12-18(13-11-16)30-21(33)15-37-20-9-5-6-17(14-20)22-23-25(38-26-24(22)39-29(36)31-26)28(35)32(27(23)34)19-7-3-2-4-8-19/h2-14,22-23,25H,15H2,1H3,(H,30,33)(H,31,36). The lowest BCUT2D eigenvalue weighted by atomic mass is 9.83. The number of thiazole rings is 1. The lowest BCUT2D eigenvalue weighted by Gasteiger charge is -2.30. The van der Waals surface area contributed by atoms with Crippen molar-refractivity contribution in [2.24, 2.45) is 5.92 Å². The third-order valence-electron chi connectivity index (χ3n) is 6.76. The third kappa shape index (κ3) is 4.77. The summed E-state index contributed by atoms with van der Waals surface area (Å²) in [4.78, 5) is 56.6. The molecule has 6 rings (SSSR count). The molecule has 3 amide bonds. The quantitative estimate of drug-likeness (QED) is 0.337. The Morgan fingerprint density at radius 2 is 1.74 bits per heavy atom. The Balaban J connectivity index is 1.28. The van der Waals surface area contributed by atoms with Crippen LogP contribution in [0.4, 0.5) is 11.4 Å². The second kappa shape index (κ2) is 10.2. The fraction of sp³-hybridized carbons (Fsp3) is 0.172. The predicted molar refractivity (Wildman–Crippen MR) is 151 cm³/mol. The number of amides is 3. The molecule has 0 spiro atoms. The number of benzene rings is 3. The highest BCUT2D eigenvalue weighted by Crippen LogP contribution is 2.53. The van der Waals surface area contributed by atoms with Gasteiger partial charge < -0.3 is 15.0 Å². The average molecular weight is 558 g/mol. The van der Waals surface area contributed by atoms with Crippen molar-refractivity contribution in [2.45, 2.75) is 23.1 Å². The molecule has 2 aliphatic heterocycles. The lowest BCUT2D eigenvalue weighted by molar-refractivity contribution is -0.122. The molecule has 10 heteroatoms. The van der Waals surface area contributed by atoms with Gasteiger partial charge in [0, 0.05) is 16.5 Å². The predicted octanol–water partition coefficient (Wildman–Crippen LogP) is 4.56. The molecule has 0 saturated carbocycles. The first-order chi connectivity index (χ1) is 18.9. The molecular weight excluding hydrogens is 534 g/mol. The van der Waals surface area contributed by atoms with Crippen molar-refractivity contribution in [3.63, 3.8) is 0 Å². The lowest BCUT2D eigenvalue weighted by Crippen LogP contribution is -2.32. The Kier molecular flexibility index (Phi) is 6.58. The number of rotatable bonds is 6. The summed E-state index contributed by atoms with van der Waals surface area (Å²) in [6.07, 6.45) is 0. The number of para-hydroxylation sites is 1. The van der Waals surface area contributed by atoms with Crippen molar-refractivity contribution in [1.29, 1.82) is 0 Å². The highest BCUT2D eigenvalue weighted by molar-refractivity contribution is 8.00. The molecule has 1 aromatic heterocycles. The van der Waals surface area contributed by atoms with Crippen LogP contribution in [0.2, 0.25) is 0 Å². The smallest absolute Gasteiger partial charge is 0.305 e. The molecule has 0 bridgehead atoms. The minimum absolute atomic E-state index is 0.203. The van der Waals surface area contributed by atoms with Crippen LogP contribution in [0.3, 0.4) is 0 Å². The molecule has 3 atom stereocenters. The van der Waals surface area contributed by atoms with Crippen LogP contribution in [0.5, 0.6) is 5.75 Å². The summed E-state index contributed by atoms with van der Waals surface area (Å²) >= 11 is 2.29. The summed E-state index contributed by atoms with van der Waals surface area (Å²) in [5, 5.41) is 2.73. The molecule has 4 aromatic rings. The maximum atomic E-state index is 13.8. The van der Waals surface area contributed by atoms with E-state index in [9.17, 15) is 19.2 Å². The number of anilines is 2. The first kappa shape index (κ1) is 25.1. The molecule has 1 fully saturated rings. The minimum Gasteiger partial charge on any atom is -0.484 e. The van der Waals surface area contributed by atoms with Crippen molar-refractivity contribution in [3.8, 4) is 5.75 Å². The molecule has 39 heavy (non-hydrogen) atoms.